The number of aliphatic hydroxyl groups excluding tert-OH is 1. The third-order valence-corrected chi connectivity index (χ3v) is 4.01. The van der Waals surface area contributed by atoms with Crippen LogP contribution < -0.4 is 10.6 Å². The number of guanidine groups is 1. The zero-order chi connectivity index (χ0) is 22.5. The first-order valence-electron chi connectivity index (χ1n) is 10.3. The van der Waals surface area contributed by atoms with Crippen LogP contribution >= 0.6 is 0 Å². The normalized spacial score (nSPS) is 11.7. The Morgan fingerprint density at radius 3 is 2.30 bits per heavy atom. The lowest BCUT2D eigenvalue weighted by atomic mass is 10.1. The SMILES string of the molecule is [C-]#[N+]CCOC(=O)NC(=NCCCCCCCCC(O)CC)NC(=O)OCCC#N. The van der Waals surface area contributed by atoms with Crippen molar-refractivity contribution in [1.29, 1.82) is 5.26 Å². The molecule has 0 aliphatic heterocycles. The maximum atomic E-state index is 11.7. The first-order valence-corrected chi connectivity index (χ1v) is 10.3. The second-order valence-corrected chi connectivity index (χ2v) is 6.51. The largest absolute Gasteiger partial charge is 0.448 e. The van der Waals surface area contributed by atoms with Crippen LogP contribution in [0.25, 0.3) is 4.85 Å². The molecule has 168 valence electrons. The van der Waals surface area contributed by atoms with E-state index in [1.54, 1.807) is 0 Å². The number of hydrogen-bond donors (Lipinski definition) is 3. The molecule has 0 aromatic rings. The van der Waals surface area contributed by atoms with E-state index >= 15 is 0 Å². The molecular weight excluding hydrogens is 390 g/mol. The molecule has 1 atom stereocenters. The summed E-state index contributed by atoms with van der Waals surface area (Å²) in [5.74, 6) is -0.0988. The summed E-state index contributed by atoms with van der Waals surface area (Å²) in [6, 6.07) is 1.85. The highest BCUT2D eigenvalue weighted by Crippen LogP contribution is 2.10. The Balaban J connectivity index is 4.27. The van der Waals surface area contributed by atoms with Gasteiger partial charge in [-0.1, -0.05) is 39.0 Å². The number of amides is 2. The number of nitrogens with zero attached hydrogens (tertiary/aromatic N) is 3. The molecule has 0 aliphatic carbocycles. The molecule has 10 nitrogen and oxygen atoms in total. The summed E-state index contributed by atoms with van der Waals surface area (Å²) >= 11 is 0. The molecule has 2 amide bonds. The van der Waals surface area contributed by atoms with Gasteiger partial charge >= 0.3 is 12.2 Å². The van der Waals surface area contributed by atoms with Crippen LogP contribution in [0.1, 0.15) is 64.7 Å². The summed E-state index contributed by atoms with van der Waals surface area (Å²) in [7, 11) is 0. The standard InChI is InChI=1S/C20H33N5O5/c1-3-17(26)11-8-6-4-5-7-9-13-23-18(24-19(27)29-15-10-12-21)25-20(28)30-16-14-22-2/h17,26H,3-11,13-16H2,1H3,(H2,23,24,25,27,28). The molecule has 3 N–H and O–H groups in total. The molecule has 0 saturated heterocycles. The van der Waals surface area contributed by atoms with E-state index in [0.29, 0.717) is 6.54 Å². The molecule has 0 radical (unpaired) electrons. The summed E-state index contributed by atoms with van der Waals surface area (Å²) in [5, 5.41) is 22.6. The van der Waals surface area contributed by atoms with Crippen molar-refractivity contribution in [2.75, 3.05) is 26.3 Å². The molecule has 1 unspecified atom stereocenters. The number of hydrogen-bond acceptors (Lipinski definition) is 7. The lowest BCUT2D eigenvalue weighted by Gasteiger charge is -2.10. The van der Waals surface area contributed by atoms with Gasteiger partial charge in [0.15, 0.2) is 6.61 Å². The van der Waals surface area contributed by atoms with E-state index in [2.05, 4.69) is 20.5 Å². The molecule has 0 spiro atoms. The number of carbonyl (C=O) groups excluding carboxylic acids is 2. The van der Waals surface area contributed by atoms with Crippen LogP contribution in [0.4, 0.5) is 9.59 Å². The molecular formula is C20H33N5O5. The van der Waals surface area contributed by atoms with E-state index < -0.39 is 12.2 Å². The zero-order valence-corrected chi connectivity index (χ0v) is 17.7. The predicted molar refractivity (Wildman–Crippen MR) is 112 cm³/mol. The second-order valence-electron chi connectivity index (χ2n) is 6.51. The maximum Gasteiger partial charge on any atom is 0.414 e. The number of nitrogens with one attached hydrogen (secondary N) is 2. The van der Waals surface area contributed by atoms with Crippen molar-refractivity contribution in [2.24, 2.45) is 4.99 Å². The van der Waals surface area contributed by atoms with Gasteiger partial charge in [-0.15, -0.1) is 0 Å². The average Bonchev–Trinajstić information content (AvgIpc) is 2.72. The number of carbonyl (C=O) groups is 2. The third kappa shape index (κ3) is 17.3. The van der Waals surface area contributed by atoms with Gasteiger partial charge in [0, 0.05) is 6.54 Å². The van der Waals surface area contributed by atoms with Crippen molar-refractivity contribution >= 4 is 18.1 Å². The molecule has 0 fully saturated rings. The van der Waals surface area contributed by atoms with Gasteiger partial charge in [0.25, 0.3) is 0 Å². The predicted octanol–water partition coefficient (Wildman–Crippen LogP) is 3.13. The number of rotatable bonds is 14. The molecule has 0 heterocycles. The van der Waals surface area contributed by atoms with Crippen molar-refractivity contribution in [3.05, 3.63) is 11.4 Å². The Labute approximate surface area is 178 Å². The van der Waals surface area contributed by atoms with Crippen LogP contribution in [0, 0.1) is 17.9 Å². The molecule has 0 aromatic heterocycles. The van der Waals surface area contributed by atoms with E-state index in [9.17, 15) is 14.7 Å². The number of alkyl carbamates (subject to hydrolysis) is 2. The van der Waals surface area contributed by atoms with E-state index in [1.807, 2.05) is 13.0 Å². The van der Waals surface area contributed by atoms with E-state index in [-0.39, 0.29) is 38.2 Å². The fourth-order valence-corrected chi connectivity index (χ4v) is 2.34. The van der Waals surface area contributed by atoms with Crippen molar-refractivity contribution in [3.8, 4) is 6.07 Å². The minimum atomic E-state index is -0.834. The lowest BCUT2D eigenvalue weighted by Crippen LogP contribution is -2.44. The van der Waals surface area contributed by atoms with Crippen molar-refractivity contribution in [3.63, 3.8) is 0 Å². The summed E-state index contributed by atoms with van der Waals surface area (Å²) in [6.45, 7) is 8.93. The summed E-state index contributed by atoms with van der Waals surface area (Å²) in [4.78, 5) is 30.6. The number of unbranched alkanes of at least 4 members (excludes halogenated alkanes) is 5. The van der Waals surface area contributed by atoms with Gasteiger partial charge in [-0.25, -0.2) is 16.2 Å². The summed E-state index contributed by atoms with van der Waals surface area (Å²) in [6.07, 6.45) is 5.80. The van der Waals surface area contributed by atoms with Crippen LogP contribution in [0.15, 0.2) is 4.99 Å². The number of aliphatic imine (C=N–C) groups is 1. The highest BCUT2D eigenvalue weighted by Gasteiger charge is 2.12. The van der Waals surface area contributed by atoms with Gasteiger partial charge in [-0.3, -0.25) is 15.6 Å². The average molecular weight is 424 g/mol. The smallest absolute Gasteiger partial charge is 0.414 e. The Bertz CT molecular complexity index is 561. The maximum absolute atomic E-state index is 11.7. The molecule has 30 heavy (non-hydrogen) atoms. The molecule has 0 aliphatic rings. The molecule has 0 saturated carbocycles. The Morgan fingerprint density at radius 2 is 1.70 bits per heavy atom. The third-order valence-electron chi connectivity index (χ3n) is 4.01. The van der Waals surface area contributed by atoms with Gasteiger partial charge in [0.1, 0.15) is 6.61 Å². The number of aliphatic hydroxyl groups is 1. The van der Waals surface area contributed by atoms with Crippen LogP contribution in [0.2, 0.25) is 0 Å². The Kier molecular flexibility index (Phi) is 17.6. The summed E-state index contributed by atoms with van der Waals surface area (Å²) in [5.41, 5.74) is 0. The lowest BCUT2D eigenvalue weighted by molar-refractivity contribution is 0.152. The van der Waals surface area contributed by atoms with Crippen molar-refractivity contribution in [2.45, 2.75) is 70.8 Å². The Morgan fingerprint density at radius 1 is 1.10 bits per heavy atom. The minimum absolute atomic E-state index is 0.0426. The van der Waals surface area contributed by atoms with Gasteiger partial charge in [-0.2, -0.15) is 5.26 Å². The molecule has 0 rings (SSSR count). The van der Waals surface area contributed by atoms with Crippen molar-refractivity contribution in [1.82, 2.24) is 10.6 Å². The molecule has 10 heteroatoms. The van der Waals surface area contributed by atoms with Gasteiger partial charge in [0.2, 0.25) is 12.5 Å². The Hall–Kier alpha value is -2.85. The fraction of sp³-hybridized carbons (Fsp3) is 0.750. The van der Waals surface area contributed by atoms with Crippen LogP contribution in [0.5, 0.6) is 0 Å². The zero-order valence-electron chi connectivity index (χ0n) is 17.7. The van der Waals surface area contributed by atoms with Crippen LogP contribution in [-0.4, -0.2) is 55.7 Å². The van der Waals surface area contributed by atoms with Crippen LogP contribution in [-0.2, 0) is 9.47 Å². The van der Waals surface area contributed by atoms with Crippen molar-refractivity contribution < 1.29 is 24.2 Å². The molecule has 0 aromatic carbocycles. The quantitative estimate of drug-likeness (QED) is 0.170. The second kappa shape index (κ2) is 19.5. The van der Waals surface area contributed by atoms with Gasteiger partial charge in [0.05, 0.1) is 18.6 Å². The first kappa shape index (κ1) is 27.1. The minimum Gasteiger partial charge on any atom is -0.448 e. The highest BCUT2D eigenvalue weighted by atomic mass is 16.6. The van der Waals surface area contributed by atoms with Crippen LogP contribution in [0.3, 0.4) is 0 Å². The van der Waals surface area contributed by atoms with E-state index in [0.717, 1.165) is 51.4 Å². The topological polar surface area (TPSA) is 137 Å². The first-order chi connectivity index (χ1) is 14.5. The van der Waals surface area contributed by atoms with Gasteiger partial charge < -0.3 is 19.4 Å². The van der Waals surface area contributed by atoms with E-state index in [4.69, 9.17) is 21.3 Å². The number of ether oxygens (including phenoxy) is 2. The number of nitriles is 1. The van der Waals surface area contributed by atoms with Gasteiger partial charge in [-0.05, 0) is 19.3 Å². The monoisotopic (exact) mass is 423 g/mol. The van der Waals surface area contributed by atoms with E-state index in [1.165, 1.54) is 0 Å². The summed E-state index contributed by atoms with van der Waals surface area (Å²) < 4.78 is 9.60. The fourth-order valence-electron chi connectivity index (χ4n) is 2.34. The molecule has 0 bridgehead atoms. The highest BCUT2D eigenvalue weighted by molar-refractivity contribution is 6.01.